The molecule has 12 rings (SSSR count). The van der Waals surface area contributed by atoms with Gasteiger partial charge in [-0.15, -0.1) is 0 Å². The summed E-state index contributed by atoms with van der Waals surface area (Å²) in [5.41, 5.74) is 12.5. The summed E-state index contributed by atoms with van der Waals surface area (Å²) in [4.78, 5) is 5.33. The van der Waals surface area contributed by atoms with Gasteiger partial charge in [0.15, 0.2) is 0 Å². The first-order chi connectivity index (χ1) is 28.2. The number of aromatic nitrogens is 1. The van der Waals surface area contributed by atoms with Gasteiger partial charge in [0.05, 0.1) is 22.6 Å². The second-order valence-electron chi connectivity index (χ2n) is 15.4. The number of fused-ring (bicyclic) bond motifs is 9. The normalized spacial score (nSPS) is 20.8. The van der Waals surface area contributed by atoms with Crippen molar-refractivity contribution in [2.45, 2.75) is 37.2 Å². The van der Waals surface area contributed by atoms with Gasteiger partial charge < -0.3 is 19.0 Å². The van der Waals surface area contributed by atoms with E-state index in [1.54, 1.807) is 0 Å². The fourth-order valence-electron chi connectivity index (χ4n) is 9.47. The molecular weight excluding hydrogens is 701 g/mol. The lowest BCUT2D eigenvalue weighted by molar-refractivity contribution is 0.258. The van der Waals surface area contributed by atoms with Crippen LogP contribution in [-0.2, 0) is 6.42 Å². The molecule has 0 amide bonds. The monoisotopic (exact) mass is 738 g/mol. The molecule has 8 aromatic rings. The van der Waals surface area contributed by atoms with Crippen LogP contribution >= 0.6 is 0 Å². The third kappa shape index (κ3) is 5.18. The number of ether oxygens (including phenoxy) is 1. The lowest BCUT2D eigenvalue weighted by Crippen LogP contribution is -2.50. The van der Waals surface area contributed by atoms with Crippen molar-refractivity contribution in [1.82, 2.24) is 15.2 Å². The first kappa shape index (κ1) is 32.4. The molecule has 0 saturated heterocycles. The fourth-order valence-corrected chi connectivity index (χ4v) is 9.47. The summed E-state index contributed by atoms with van der Waals surface area (Å²) in [6.07, 6.45) is 12.5. The molecule has 2 N–H and O–H groups in total. The average Bonchev–Trinajstić information content (AvgIpc) is 3.96. The minimum Gasteiger partial charge on any atom is -0.483 e. The lowest BCUT2D eigenvalue weighted by Gasteiger charge is -2.35. The number of aliphatic imine (C=N–C) groups is 1. The number of nitrogens with zero attached hydrogens (tertiary/aromatic N) is 2. The van der Waals surface area contributed by atoms with Gasteiger partial charge in [-0.3, -0.25) is 5.32 Å². The van der Waals surface area contributed by atoms with Crippen LogP contribution in [0.5, 0.6) is 5.75 Å². The number of para-hydroxylation sites is 2. The summed E-state index contributed by atoms with van der Waals surface area (Å²) in [6.45, 7) is 0. The van der Waals surface area contributed by atoms with Gasteiger partial charge in [0.1, 0.15) is 41.4 Å². The summed E-state index contributed by atoms with van der Waals surface area (Å²) in [5, 5.41) is 11.1. The molecule has 6 heteroatoms. The van der Waals surface area contributed by atoms with Crippen molar-refractivity contribution in [3.05, 3.63) is 197 Å². The van der Waals surface area contributed by atoms with Crippen molar-refractivity contribution in [2.75, 3.05) is 0 Å². The van der Waals surface area contributed by atoms with Crippen LogP contribution in [-0.4, -0.2) is 22.7 Å². The van der Waals surface area contributed by atoms with E-state index < -0.39 is 0 Å². The largest absolute Gasteiger partial charge is 0.483 e. The number of amidine groups is 1. The Bertz CT molecular complexity index is 3020. The molecule has 2 aromatic heterocycles. The third-order valence-electron chi connectivity index (χ3n) is 12.1. The molecule has 2 aliphatic heterocycles. The fraction of sp³-hybridized carbons (Fsp3) is 0.118. The number of hydrogen-bond donors (Lipinski definition) is 2. The van der Waals surface area contributed by atoms with Crippen molar-refractivity contribution < 1.29 is 9.15 Å². The highest BCUT2D eigenvalue weighted by atomic mass is 16.5. The quantitative estimate of drug-likeness (QED) is 0.185. The van der Waals surface area contributed by atoms with Crippen molar-refractivity contribution in [2.24, 2.45) is 4.99 Å². The van der Waals surface area contributed by atoms with Crippen molar-refractivity contribution in [3.8, 4) is 22.6 Å². The number of hydrogen-bond acceptors (Lipinski definition) is 5. The minimum atomic E-state index is -0.267. The molecule has 0 saturated carbocycles. The third-order valence-corrected chi connectivity index (χ3v) is 12.1. The van der Waals surface area contributed by atoms with Gasteiger partial charge in [-0.05, 0) is 71.2 Å². The SMILES string of the molecule is C1=CC2Oc3c(cccc3-n3c4ccccc4c4cc(-c5ccc6oc7c(c6c5)C=CCC7)ccc43)C2C(C2N=C(c3ccccc3)NC(c3ccccc3)N2)=C1. The maximum Gasteiger partial charge on any atom is 0.148 e. The predicted octanol–water partition coefficient (Wildman–Crippen LogP) is 11.2. The van der Waals surface area contributed by atoms with E-state index in [-0.39, 0.29) is 24.4 Å². The highest BCUT2D eigenvalue weighted by Gasteiger charge is 2.42. The maximum atomic E-state index is 7.02. The Morgan fingerprint density at radius 2 is 1.49 bits per heavy atom. The Morgan fingerprint density at radius 1 is 0.702 bits per heavy atom. The van der Waals surface area contributed by atoms with Crippen LogP contribution in [0.3, 0.4) is 0 Å². The van der Waals surface area contributed by atoms with Gasteiger partial charge in [-0.1, -0.05) is 127 Å². The highest BCUT2D eigenvalue weighted by molar-refractivity contribution is 6.11. The molecule has 6 aromatic carbocycles. The minimum absolute atomic E-state index is 0.00383. The van der Waals surface area contributed by atoms with Crippen LogP contribution < -0.4 is 15.4 Å². The summed E-state index contributed by atoms with van der Waals surface area (Å²) in [6, 6.07) is 49.8. The molecule has 4 aliphatic rings. The van der Waals surface area contributed by atoms with E-state index >= 15 is 0 Å². The van der Waals surface area contributed by atoms with Crippen LogP contribution in [0.15, 0.2) is 179 Å². The van der Waals surface area contributed by atoms with Crippen molar-refractivity contribution in [3.63, 3.8) is 0 Å². The molecule has 0 radical (unpaired) electrons. The van der Waals surface area contributed by atoms with Gasteiger partial charge in [-0.25, -0.2) is 4.99 Å². The van der Waals surface area contributed by atoms with Crippen LogP contribution in [0.1, 0.15) is 46.5 Å². The first-order valence-electron chi connectivity index (χ1n) is 19.9. The molecule has 2 aliphatic carbocycles. The van der Waals surface area contributed by atoms with Gasteiger partial charge in [0.2, 0.25) is 0 Å². The highest BCUT2D eigenvalue weighted by Crippen LogP contribution is 2.50. The van der Waals surface area contributed by atoms with Crippen LogP contribution in [0.4, 0.5) is 0 Å². The Morgan fingerprint density at radius 3 is 2.39 bits per heavy atom. The molecule has 4 heterocycles. The predicted molar refractivity (Wildman–Crippen MR) is 230 cm³/mol. The topological polar surface area (TPSA) is 63.7 Å². The van der Waals surface area contributed by atoms with Crippen molar-refractivity contribution >= 4 is 44.7 Å². The van der Waals surface area contributed by atoms with E-state index in [0.717, 1.165) is 63.6 Å². The van der Waals surface area contributed by atoms with E-state index in [1.165, 1.54) is 44.0 Å². The number of rotatable bonds is 5. The Kier molecular flexibility index (Phi) is 7.29. The number of furan rings is 1. The number of aryl methyl sites for hydroxylation is 1. The van der Waals surface area contributed by atoms with Gasteiger partial charge in [0.25, 0.3) is 0 Å². The molecule has 57 heavy (non-hydrogen) atoms. The first-order valence-corrected chi connectivity index (χ1v) is 19.9. The van der Waals surface area contributed by atoms with Crippen LogP contribution in [0.25, 0.3) is 55.7 Å². The Balaban J connectivity index is 0.958. The second-order valence-corrected chi connectivity index (χ2v) is 15.4. The molecule has 0 fully saturated rings. The Labute approximate surface area is 330 Å². The van der Waals surface area contributed by atoms with E-state index in [4.69, 9.17) is 14.1 Å². The summed E-state index contributed by atoms with van der Waals surface area (Å²) < 4.78 is 15.6. The molecular formula is C51H38N4O2. The lowest BCUT2D eigenvalue weighted by atomic mass is 9.82. The van der Waals surface area contributed by atoms with Crippen molar-refractivity contribution in [1.29, 1.82) is 0 Å². The Hall–Kier alpha value is -6.89. The standard InChI is InChI=1S/C51H38N4O2/c1-3-13-31(14-4-1)49-52-50(32-15-5-2-6-16-32)54-51(53-49)38-20-12-24-46-47(38)37-19-11-22-43(48(37)57-46)55-41-21-9-7-17-35(41)39-29-33(25-27-42(39)55)34-26-28-45-40(30-34)36-18-8-10-23-44(36)56-45/h1-9,11-22,24-30,46-47,49,51,53H,10,23H2,(H,52,54). The average molecular weight is 739 g/mol. The molecule has 0 bridgehead atoms. The zero-order chi connectivity index (χ0) is 37.5. The summed E-state index contributed by atoms with van der Waals surface area (Å²) in [7, 11) is 0. The molecule has 6 nitrogen and oxygen atoms in total. The number of allylic oxidation sites excluding steroid dienone is 3. The van der Waals surface area contributed by atoms with Gasteiger partial charge in [-0.2, -0.15) is 0 Å². The van der Waals surface area contributed by atoms with Gasteiger partial charge >= 0.3 is 0 Å². The molecule has 0 spiro atoms. The number of nitrogens with one attached hydrogen (secondary N) is 2. The number of benzene rings is 6. The van der Waals surface area contributed by atoms with Crippen LogP contribution in [0, 0.1) is 0 Å². The smallest absolute Gasteiger partial charge is 0.148 e. The van der Waals surface area contributed by atoms with Gasteiger partial charge in [0, 0.05) is 39.3 Å². The van der Waals surface area contributed by atoms with E-state index in [1.807, 2.05) is 6.07 Å². The molecule has 4 unspecified atom stereocenters. The second kappa shape index (κ2) is 12.8. The summed E-state index contributed by atoms with van der Waals surface area (Å²) in [5.74, 6) is 2.88. The maximum absolute atomic E-state index is 7.02. The van der Waals surface area contributed by atoms with Crippen LogP contribution in [0.2, 0.25) is 0 Å². The molecule has 274 valence electrons. The molecule has 4 atom stereocenters. The van der Waals surface area contributed by atoms with E-state index in [0.29, 0.717) is 0 Å². The van der Waals surface area contributed by atoms with E-state index in [9.17, 15) is 0 Å². The van der Waals surface area contributed by atoms with E-state index in [2.05, 4.69) is 179 Å². The zero-order valence-corrected chi connectivity index (χ0v) is 31.1. The summed E-state index contributed by atoms with van der Waals surface area (Å²) >= 11 is 0. The zero-order valence-electron chi connectivity index (χ0n) is 31.1.